The average Bonchev–Trinajstić information content (AvgIpc) is 3.19. The zero-order chi connectivity index (χ0) is 27.4. The predicted octanol–water partition coefficient (Wildman–Crippen LogP) is 6.07. The first kappa shape index (κ1) is 27.6. The summed E-state index contributed by atoms with van der Waals surface area (Å²) in [5.74, 6) is -0.361. The fourth-order valence-electron chi connectivity index (χ4n) is 3.20. The van der Waals surface area contributed by atoms with Gasteiger partial charge in [0.1, 0.15) is 4.90 Å². The molecule has 3 aromatic carbocycles. The first-order chi connectivity index (χ1) is 18.1. The molecule has 4 rings (SSSR count). The number of amides is 1. The number of carbonyl (C=O) groups excluding carboxylic acids is 1. The standard InChI is InChI=1S/C24H17BrClN3O7S2/c1-2-35-20-11-14(12-21-23(30)28-24(37-21)27-16-5-3-4-15(26)13-16)10-19(25)22(20)36-38(33,34)18-8-6-17(7-9-18)29(31)32/h3-13H,2H2,1H3,(H,27,28,30)/b21-12+. The summed E-state index contributed by atoms with van der Waals surface area (Å²) in [7, 11) is -4.34. The van der Waals surface area contributed by atoms with Gasteiger partial charge in [0.15, 0.2) is 16.7 Å². The van der Waals surface area contributed by atoms with E-state index in [4.69, 9.17) is 20.5 Å². The number of hydrogen-bond donors (Lipinski definition) is 1. The number of hydrogen-bond acceptors (Lipinski definition) is 9. The number of carbonyl (C=O) groups is 1. The van der Waals surface area contributed by atoms with Gasteiger partial charge >= 0.3 is 10.1 Å². The number of nitro groups is 1. The maximum Gasteiger partial charge on any atom is 0.339 e. The monoisotopic (exact) mass is 637 g/mol. The second-order valence-electron chi connectivity index (χ2n) is 7.51. The van der Waals surface area contributed by atoms with Crippen molar-refractivity contribution in [1.29, 1.82) is 0 Å². The Balaban J connectivity index is 1.62. The molecule has 10 nitrogen and oxygen atoms in total. The number of nitro benzene ring substituents is 1. The van der Waals surface area contributed by atoms with Gasteiger partial charge in [0.25, 0.3) is 11.6 Å². The third kappa shape index (κ3) is 6.54. The molecular formula is C24H17BrClN3O7S2. The predicted molar refractivity (Wildman–Crippen MR) is 148 cm³/mol. The summed E-state index contributed by atoms with van der Waals surface area (Å²) in [5, 5.41) is 14.4. The van der Waals surface area contributed by atoms with Crippen LogP contribution in [0, 0.1) is 10.1 Å². The van der Waals surface area contributed by atoms with Crippen LogP contribution in [0.1, 0.15) is 12.5 Å². The first-order valence-corrected chi connectivity index (χ1v) is 14.2. The molecule has 1 aliphatic heterocycles. The Morgan fingerprint density at radius 1 is 1.18 bits per heavy atom. The average molecular weight is 639 g/mol. The van der Waals surface area contributed by atoms with E-state index in [1.54, 1.807) is 43.3 Å². The van der Waals surface area contributed by atoms with Crippen LogP contribution in [-0.4, -0.2) is 31.0 Å². The molecule has 0 saturated carbocycles. The van der Waals surface area contributed by atoms with Gasteiger partial charge in [-0.2, -0.15) is 8.42 Å². The van der Waals surface area contributed by atoms with Gasteiger partial charge < -0.3 is 14.2 Å². The Kier molecular flexibility index (Phi) is 8.41. The highest BCUT2D eigenvalue weighted by Crippen LogP contribution is 2.40. The smallest absolute Gasteiger partial charge is 0.339 e. The molecule has 1 saturated heterocycles. The second-order valence-corrected chi connectivity index (χ2v) is 11.4. The van der Waals surface area contributed by atoms with Crippen molar-refractivity contribution < 1.29 is 27.1 Å². The molecule has 0 aliphatic carbocycles. The largest absolute Gasteiger partial charge is 0.490 e. The van der Waals surface area contributed by atoms with Crippen molar-refractivity contribution in [2.75, 3.05) is 6.61 Å². The quantitative estimate of drug-likeness (QED) is 0.136. The number of amidine groups is 1. The number of nitrogens with one attached hydrogen (secondary N) is 1. The molecule has 1 heterocycles. The van der Waals surface area contributed by atoms with E-state index < -0.39 is 15.0 Å². The van der Waals surface area contributed by atoms with Gasteiger partial charge in [-0.1, -0.05) is 17.7 Å². The SMILES string of the molecule is CCOc1cc(/C=C2/SC(=Nc3cccc(Cl)c3)NC2=O)cc(Br)c1OS(=O)(=O)c1ccc([N+](=O)[O-])cc1. The van der Waals surface area contributed by atoms with Crippen LogP contribution in [0.15, 0.2) is 79.9 Å². The normalized spacial score (nSPS) is 15.5. The van der Waals surface area contributed by atoms with E-state index in [2.05, 4.69) is 26.2 Å². The number of nitrogens with zero attached hydrogens (tertiary/aromatic N) is 2. The van der Waals surface area contributed by atoms with E-state index in [0.29, 0.717) is 26.3 Å². The van der Waals surface area contributed by atoms with E-state index in [1.165, 1.54) is 6.07 Å². The lowest BCUT2D eigenvalue weighted by atomic mass is 10.2. The van der Waals surface area contributed by atoms with Crippen molar-refractivity contribution >= 4 is 77.9 Å². The lowest BCUT2D eigenvalue weighted by Crippen LogP contribution is -2.19. The number of rotatable bonds is 8. The summed E-state index contributed by atoms with van der Waals surface area (Å²) < 4.78 is 36.9. The molecule has 1 N–H and O–H groups in total. The minimum Gasteiger partial charge on any atom is -0.490 e. The van der Waals surface area contributed by atoms with E-state index in [9.17, 15) is 23.3 Å². The van der Waals surface area contributed by atoms with Crippen molar-refractivity contribution in [2.24, 2.45) is 4.99 Å². The molecule has 14 heteroatoms. The summed E-state index contributed by atoms with van der Waals surface area (Å²) in [4.78, 5) is 27.2. The van der Waals surface area contributed by atoms with Crippen LogP contribution < -0.4 is 14.2 Å². The Morgan fingerprint density at radius 3 is 2.58 bits per heavy atom. The van der Waals surface area contributed by atoms with Crippen LogP contribution in [0.3, 0.4) is 0 Å². The number of thioether (sulfide) groups is 1. The van der Waals surface area contributed by atoms with Crippen molar-refractivity contribution in [3.63, 3.8) is 0 Å². The van der Waals surface area contributed by atoms with Gasteiger partial charge in [-0.3, -0.25) is 14.9 Å². The Hall–Kier alpha value is -3.39. The molecular weight excluding hydrogens is 622 g/mol. The van der Waals surface area contributed by atoms with Gasteiger partial charge in [0.05, 0.1) is 26.6 Å². The van der Waals surface area contributed by atoms with Crippen LogP contribution in [0.25, 0.3) is 6.08 Å². The topological polar surface area (TPSA) is 137 Å². The molecule has 0 unspecified atom stereocenters. The van der Waals surface area contributed by atoms with Crippen LogP contribution in [0.4, 0.5) is 11.4 Å². The van der Waals surface area contributed by atoms with Crippen LogP contribution >= 0.6 is 39.3 Å². The third-order valence-electron chi connectivity index (χ3n) is 4.85. The van der Waals surface area contributed by atoms with E-state index in [0.717, 1.165) is 36.0 Å². The molecule has 38 heavy (non-hydrogen) atoms. The maximum absolute atomic E-state index is 12.8. The first-order valence-electron chi connectivity index (χ1n) is 10.8. The molecule has 0 bridgehead atoms. The van der Waals surface area contributed by atoms with Crippen LogP contribution in [-0.2, 0) is 14.9 Å². The molecule has 196 valence electrons. The van der Waals surface area contributed by atoms with Gasteiger partial charge in [-0.15, -0.1) is 0 Å². The third-order valence-corrected chi connectivity index (χ3v) is 7.82. The van der Waals surface area contributed by atoms with Crippen molar-refractivity contribution in [2.45, 2.75) is 11.8 Å². The fraction of sp³-hybridized carbons (Fsp3) is 0.0833. The minimum atomic E-state index is -4.34. The van der Waals surface area contributed by atoms with Gasteiger partial charge in [0.2, 0.25) is 0 Å². The zero-order valence-corrected chi connectivity index (χ0v) is 23.4. The summed E-state index contributed by atoms with van der Waals surface area (Å²) >= 11 is 10.4. The molecule has 1 amide bonds. The molecule has 3 aromatic rings. The number of ether oxygens (including phenoxy) is 1. The molecule has 1 fully saturated rings. The van der Waals surface area contributed by atoms with Crippen LogP contribution in [0.2, 0.25) is 5.02 Å². The summed E-state index contributed by atoms with van der Waals surface area (Å²) in [6.45, 7) is 1.92. The van der Waals surface area contributed by atoms with E-state index >= 15 is 0 Å². The Bertz CT molecular complexity index is 1590. The zero-order valence-electron chi connectivity index (χ0n) is 19.4. The highest BCUT2D eigenvalue weighted by atomic mass is 79.9. The van der Waals surface area contributed by atoms with Crippen molar-refractivity contribution in [1.82, 2.24) is 5.32 Å². The van der Waals surface area contributed by atoms with Gasteiger partial charge in [-0.05, 0) is 88.7 Å². The van der Waals surface area contributed by atoms with Gasteiger partial charge in [0, 0.05) is 17.2 Å². The molecule has 0 radical (unpaired) electrons. The van der Waals surface area contributed by atoms with Crippen molar-refractivity contribution in [3.8, 4) is 11.5 Å². The van der Waals surface area contributed by atoms with Crippen LogP contribution in [0.5, 0.6) is 11.5 Å². The number of benzene rings is 3. The lowest BCUT2D eigenvalue weighted by molar-refractivity contribution is -0.384. The van der Waals surface area contributed by atoms with Crippen molar-refractivity contribution in [3.05, 3.63) is 90.7 Å². The maximum atomic E-state index is 12.8. The summed E-state index contributed by atoms with van der Waals surface area (Å²) in [5.41, 5.74) is 0.854. The van der Waals surface area contributed by atoms with E-state index in [1.807, 2.05) is 0 Å². The molecule has 0 aromatic heterocycles. The number of halogens is 2. The molecule has 1 aliphatic rings. The van der Waals surface area contributed by atoms with E-state index in [-0.39, 0.29) is 39.1 Å². The van der Waals surface area contributed by atoms with Gasteiger partial charge in [-0.25, -0.2) is 4.99 Å². The second kappa shape index (κ2) is 11.6. The number of aliphatic imine (C=N–C) groups is 1. The summed E-state index contributed by atoms with van der Waals surface area (Å²) in [6, 6.07) is 14.3. The lowest BCUT2D eigenvalue weighted by Gasteiger charge is -2.14. The molecule has 0 spiro atoms. The minimum absolute atomic E-state index is 0.107. The Morgan fingerprint density at radius 2 is 1.92 bits per heavy atom. The highest BCUT2D eigenvalue weighted by molar-refractivity contribution is 9.10. The Labute approximate surface area is 235 Å². The number of non-ortho nitro benzene ring substituents is 1. The fourth-order valence-corrected chi connectivity index (χ4v) is 5.83. The highest BCUT2D eigenvalue weighted by Gasteiger charge is 2.26. The summed E-state index contributed by atoms with van der Waals surface area (Å²) in [6.07, 6.45) is 1.60. The molecule has 0 atom stereocenters.